The summed E-state index contributed by atoms with van der Waals surface area (Å²) in [5, 5.41) is 9.11. The summed E-state index contributed by atoms with van der Waals surface area (Å²) < 4.78 is 10.7. The van der Waals surface area contributed by atoms with Crippen LogP contribution in [-0.4, -0.2) is 30.2 Å². The lowest BCUT2D eigenvalue weighted by Gasteiger charge is -2.15. The summed E-state index contributed by atoms with van der Waals surface area (Å²) in [5.74, 6) is -1.70. The maximum atomic E-state index is 11.1. The van der Waals surface area contributed by atoms with Crippen LogP contribution in [0.3, 0.4) is 0 Å². The molecule has 0 spiro atoms. The van der Waals surface area contributed by atoms with Crippen LogP contribution in [0.5, 0.6) is 11.5 Å². The minimum atomic E-state index is -1.12. The van der Waals surface area contributed by atoms with Gasteiger partial charge in [0.1, 0.15) is 5.56 Å². The van der Waals surface area contributed by atoms with E-state index in [0.717, 1.165) is 0 Å². The van der Waals surface area contributed by atoms with Crippen molar-refractivity contribution in [2.45, 2.75) is 13.8 Å². The normalized spacial score (nSPS) is 11.7. The standard InChI is InChI=1S/C13H17NO5/c1-3-18-10-6-4-5-9(13(16)17)11(10)19-7-8(2)12(14)15/h4-6,8H,3,7H2,1-2H3,(H2,14,15)(H,16,17). The van der Waals surface area contributed by atoms with Crippen molar-refractivity contribution >= 4 is 11.9 Å². The van der Waals surface area contributed by atoms with Gasteiger partial charge in [-0.1, -0.05) is 13.0 Å². The number of primary amides is 1. The third-order valence-electron chi connectivity index (χ3n) is 2.47. The Morgan fingerprint density at radius 2 is 2.05 bits per heavy atom. The highest BCUT2D eigenvalue weighted by atomic mass is 16.5. The molecule has 0 aliphatic heterocycles. The molecule has 1 atom stereocenters. The molecular weight excluding hydrogens is 250 g/mol. The van der Waals surface area contributed by atoms with Crippen molar-refractivity contribution in [3.05, 3.63) is 23.8 Å². The predicted octanol–water partition coefficient (Wildman–Crippen LogP) is 1.28. The number of hydrogen-bond acceptors (Lipinski definition) is 4. The Kier molecular flexibility index (Phi) is 5.17. The summed E-state index contributed by atoms with van der Waals surface area (Å²) in [4.78, 5) is 22.1. The minimum absolute atomic E-state index is 0.000297. The van der Waals surface area contributed by atoms with Gasteiger partial charge in [-0.15, -0.1) is 0 Å². The fraction of sp³-hybridized carbons (Fsp3) is 0.385. The van der Waals surface area contributed by atoms with E-state index in [1.165, 1.54) is 6.07 Å². The molecule has 19 heavy (non-hydrogen) atoms. The molecule has 0 radical (unpaired) electrons. The lowest BCUT2D eigenvalue weighted by atomic mass is 10.1. The second kappa shape index (κ2) is 6.63. The molecule has 6 nitrogen and oxygen atoms in total. The number of nitrogens with two attached hydrogens (primary N) is 1. The van der Waals surface area contributed by atoms with Crippen LogP contribution in [0, 0.1) is 5.92 Å². The van der Waals surface area contributed by atoms with Gasteiger partial charge in [-0.25, -0.2) is 4.79 Å². The summed E-state index contributed by atoms with van der Waals surface area (Å²) in [7, 11) is 0. The van der Waals surface area contributed by atoms with Gasteiger partial charge in [0.15, 0.2) is 11.5 Å². The molecule has 1 aromatic carbocycles. The van der Waals surface area contributed by atoms with Gasteiger partial charge in [0, 0.05) is 0 Å². The molecule has 1 aromatic rings. The van der Waals surface area contributed by atoms with Crippen LogP contribution in [0.25, 0.3) is 0 Å². The first-order valence-electron chi connectivity index (χ1n) is 5.88. The third kappa shape index (κ3) is 3.87. The van der Waals surface area contributed by atoms with Crippen LogP contribution in [-0.2, 0) is 4.79 Å². The summed E-state index contributed by atoms with van der Waals surface area (Å²) >= 11 is 0. The van der Waals surface area contributed by atoms with E-state index in [4.69, 9.17) is 20.3 Å². The maximum Gasteiger partial charge on any atom is 0.339 e. The quantitative estimate of drug-likeness (QED) is 0.775. The maximum absolute atomic E-state index is 11.1. The number of benzene rings is 1. The molecule has 0 heterocycles. The van der Waals surface area contributed by atoms with Gasteiger partial charge < -0.3 is 20.3 Å². The number of aromatic carboxylic acids is 1. The highest BCUT2D eigenvalue weighted by molar-refractivity contribution is 5.92. The number of amides is 1. The molecule has 1 rings (SSSR count). The Hall–Kier alpha value is -2.24. The van der Waals surface area contributed by atoms with E-state index in [0.29, 0.717) is 12.4 Å². The van der Waals surface area contributed by atoms with E-state index < -0.39 is 17.8 Å². The second-order valence-electron chi connectivity index (χ2n) is 3.99. The number of carboxylic acids is 1. The number of carbonyl (C=O) groups excluding carboxylic acids is 1. The SMILES string of the molecule is CCOc1cccc(C(=O)O)c1OCC(C)C(N)=O. The third-order valence-corrected chi connectivity index (χ3v) is 2.47. The average Bonchev–Trinajstić information content (AvgIpc) is 2.36. The summed E-state index contributed by atoms with van der Waals surface area (Å²) in [6, 6.07) is 4.59. The Morgan fingerprint density at radius 1 is 1.37 bits per heavy atom. The lowest BCUT2D eigenvalue weighted by Crippen LogP contribution is -2.26. The molecule has 0 bridgehead atoms. The first kappa shape index (κ1) is 14.8. The minimum Gasteiger partial charge on any atom is -0.490 e. The van der Waals surface area contributed by atoms with Crippen LogP contribution in [0.4, 0.5) is 0 Å². The van der Waals surface area contributed by atoms with Gasteiger partial charge in [-0.05, 0) is 19.1 Å². The molecule has 1 unspecified atom stereocenters. The molecule has 6 heteroatoms. The highest BCUT2D eigenvalue weighted by Gasteiger charge is 2.18. The largest absolute Gasteiger partial charge is 0.490 e. The van der Waals surface area contributed by atoms with Crippen LogP contribution in [0.2, 0.25) is 0 Å². The van der Waals surface area contributed by atoms with Crippen LogP contribution in [0.15, 0.2) is 18.2 Å². The monoisotopic (exact) mass is 267 g/mol. The molecule has 104 valence electrons. The Balaban J connectivity index is 3.00. The van der Waals surface area contributed by atoms with Gasteiger partial charge in [0.25, 0.3) is 0 Å². The van der Waals surface area contributed by atoms with Gasteiger partial charge in [-0.2, -0.15) is 0 Å². The number of para-hydroxylation sites is 1. The molecule has 0 fully saturated rings. The van der Waals surface area contributed by atoms with Gasteiger partial charge in [-0.3, -0.25) is 4.79 Å². The predicted molar refractivity (Wildman–Crippen MR) is 68.4 cm³/mol. The van der Waals surface area contributed by atoms with Crippen LogP contribution >= 0.6 is 0 Å². The van der Waals surface area contributed by atoms with Crippen molar-refractivity contribution < 1.29 is 24.2 Å². The fourth-order valence-electron chi connectivity index (χ4n) is 1.39. The fourth-order valence-corrected chi connectivity index (χ4v) is 1.39. The Labute approximate surface area is 111 Å². The molecule has 0 saturated carbocycles. The van der Waals surface area contributed by atoms with Crippen molar-refractivity contribution in [3.63, 3.8) is 0 Å². The molecule has 3 N–H and O–H groups in total. The summed E-state index contributed by atoms with van der Waals surface area (Å²) in [6.45, 7) is 3.76. The van der Waals surface area contributed by atoms with Crippen molar-refractivity contribution in [2.24, 2.45) is 11.7 Å². The van der Waals surface area contributed by atoms with Crippen molar-refractivity contribution in [2.75, 3.05) is 13.2 Å². The van der Waals surface area contributed by atoms with E-state index in [-0.39, 0.29) is 17.9 Å². The zero-order valence-electron chi connectivity index (χ0n) is 10.9. The number of ether oxygens (including phenoxy) is 2. The molecular formula is C13H17NO5. The number of rotatable bonds is 7. The van der Waals surface area contributed by atoms with E-state index >= 15 is 0 Å². The summed E-state index contributed by atoms with van der Waals surface area (Å²) in [6.07, 6.45) is 0. The zero-order valence-corrected chi connectivity index (χ0v) is 10.9. The first-order valence-corrected chi connectivity index (χ1v) is 5.88. The van der Waals surface area contributed by atoms with E-state index in [1.54, 1.807) is 26.0 Å². The van der Waals surface area contributed by atoms with Crippen molar-refractivity contribution in [3.8, 4) is 11.5 Å². The van der Waals surface area contributed by atoms with Gasteiger partial charge in [0.2, 0.25) is 5.91 Å². The van der Waals surface area contributed by atoms with Gasteiger partial charge in [0.05, 0.1) is 19.1 Å². The Bertz CT molecular complexity index is 472. The lowest BCUT2D eigenvalue weighted by molar-refractivity contribution is -0.122. The second-order valence-corrected chi connectivity index (χ2v) is 3.99. The smallest absolute Gasteiger partial charge is 0.339 e. The summed E-state index contributed by atoms with van der Waals surface area (Å²) in [5.41, 5.74) is 5.12. The molecule has 0 saturated heterocycles. The van der Waals surface area contributed by atoms with Crippen LogP contribution < -0.4 is 15.2 Å². The van der Waals surface area contributed by atoms with Crippen molar-refractivity contribution in [1.82, 2.24) is 0 Å². The topological polar surface area (TPSA) is 98.8 Å². The first-order chi connectivity index (χ1) is 8.97. The average molecular weight is 267 g/mol. The highest BCUT2D eigenvalue weighted by Crippen LogP contribution is 2.31. The number of carboxylic acid groups (broad SMARTS) is 1. The number of carbonyl (C=O) groups is 2. The van der Waals surface area contributed by atoms with E-state index in [9.17, 15) is 9.59 Å². The molecule has 0 aliphatic rings. The van der Waals surface area contributed by atoms with E-state index in [1.807, 2.05) is 0 Å². The Morgan fingerprint density at radius 3 is 2.58 bits per heavy atom. The van der Waals surface area contributed by atoms with Crippen LogP contribution in [0.1, 0.15) is 24.2 Å². The molecule has 0 aromatic heterocycles. The van der Waals surface area contributed by atoms with Crippen molar-refractivity contribution in [1.29, 1.82) is 0 Å². The van der Waals surface area contributed by atoms with E-state index in [2.05, 4.69) is 0 Å². The number of hydrogen-bond donors (Lipinski definition) is 2. The van der Waals surface area contributed by atoms with Gasteiger partial charge >= 0.3 is 5.97 Å². The zero-order chi connectivity index (χ0) is 14.4. The molecule has 1 amide bonds. The molecule has 0 aliphatic carbocycles.